The van der Waals surface area contributed by atoms with Crippen LogP contribution in [0.25, 0.3) is 10.1 Å². The number of aromatic nitrogens is 1. The van der Waals surface area contributed by atoms with Gasteiger partial charge in [-0.25, -0.2) is 0 Å². The maximum absolute atomic E-state index is 12.1. The van der Waals surface area contributed by atoms with Gasteiger partial charge in [0.05, 0.1) is 10.4 Å². The number of thiophene rings is 1. The molecule has 2 heterocycles. The van der Waals surface area contributed by atoms with Crippen LogP contribution in [0.4, 0.5) is 5.69 Å². The number of amides is 1. The Kier molecular flexibility index (Phi) is 4.92. The number of nitrogens with zero attached hydrogens (tertiary/aromatic N) is 2. The van der Waals surface area contributed by atoms with Gasteiger partial charge < -0.3 is 16.0 Å². The maximum Gasteiger partial charge on any atom is 0.263 e. The van der Waals surface area contributed by atoms with E-state index >= 15 is 0 Å². The molecule has 0 aliphatic carbocycles. The van der Waals surface area contributed by atoms with Gasteiger partial charge in [0.2, 0.25) is 0 Å². The minimum atomic E-state index is -0.0893. The van der Waals surface area contributed by atoms with Crippen molar-refractivity contribution in [3.05, 3.63) is 23.3 Å². The summed E-state index contributed by atoms with van der Waals surface area (Å²) in [6, 6.07) is 1.84. The van der Waals surface area contributed by atoms with E-state index in [1.54, 1.807) is 12.4 Å². The molecular formula is C14H20N4OS. The van der Waals surface area contributed by atoms with E-state index in [4.69, 9.17) is 5.73 Å². The zero-order valence-corrected chi connectivity index (χ0v) is 12.7. The molecule has 6 heteroatoms. The van der Waals surface area contributed by atoms with Crippen LogP contribution in [0.2, 0.25) is 0 Å². The largest absolute Gasteiger partial charge is 0.397 e. The summed E-state index contributed by atoms with van der Waals surface area (Å²) in [6.07, 6.45) is 5.47. The number of pyridine rings is 1. The average molecular weight is 292 g/mol. The Balaban J connectivity index is 1.93. The molecule has 0 saturated carbocycles. The number of hydrogen-bond acceptors (Lipinski definition) is 5. The quantitative estimate of drug-likeness (QED) is 0.798. The molecule has 0 radical (unpaired) electrons. The number of hydrogen-bond donors (Lipinski definition) is 2. The van der Waals surface area contributed by atoms with Gasteiger partial charge in [-0.3, -0.25) is 9.78 Å². The molecule has 2 aromatic heterocycles. The second kappa shape index (κ2) is 6.67. The number of anilines is 1. The van der Waals surface area contributed by atoms with Crippen LogP contribution in [0.1, 0.15) is 22.5 Å². The normalized spacial score (nSPS) is 11.2. The average Bonchev–Trinajstić information content (AvgIpc) is 2.76. The molecule has 0 aromatic carbocycles. The Bertz CT molecular complexity index is 594. The molecule has 0 bridgehead atoms. The first-order chi connectivity index (χ1) is 9.59. The van der Waals surface area contributed by atoms with Crippen molar-refractivity contribution in [2.45, 2.75) is 12.8 Å². The van der Waals surface area contributed by atoms with E-state index in [1.165, 1.54) is 11.3 Å². The van der Waals surface area contributed by atoms with Crippen molar-refractivity contribution in [2.24, 2.45) is 0 Å². The topological polar surface area (TPSA) is 71.2 Å². The van der Waals surface area contributed by atoms with E-state index < -0.39 is 0 Å². The second-order valence-electron chi connectivity index (χ2n) is 4.98. The van der Waals surface area contributed by atoms with E-state index in [0.29, 0.717) is 17.1 Å². The monoisotopic (exact) mass is 292 g/mol. The molecule has 0 atom stereocenters. The summed E-state index contributed by atoms with van der Waals surface area (Å²) in [5.41, 5.74) is 6.58. The predicted octanol–water partition coefficient (Wildman–Crippen LogP) is 1.95. The van der Waals surface area contributed by atoms with Crippen LogP contribution < -0.4 is 11.1 Å². The highest BCUT2D eigenvalue weighted by Crippen LogP contribution is 2.32. The Morgan fingerprint density at radius 1 is 1.45 bits per heavy atom. The number of fused-ring (bicyclic) bond motifs is 1. The number of carbonyl (C=O) groups is 1. The van der Waals surface area contributed by atoms with Gasteiger partial charge in [0, 0.05) is 24.3 Å². The fourth-order valence-electron chi connectivity index (χ4n) is 1.97. The van der Waals surface area contributed by atoms with Crippen LogP contribution in [-0.4, -0.2) is 43.0 Å². The number of nitrogen functional groups attached to an aromatic ring is 1. The summed E-state index contributed by atoms with van der Waals surface area (Å²) in [6.45, 7) is 1.71. The molecule has 1 amide bonds. The predicted molar refractivity (Wildman–Crippen MR) is 84.2 cm³/mol. The smallest absolute Gasteiger partial charge is 0.263 e. The molecule has 2 aromatic rings. The number of carbonyl (C=O) groups excluding carboxylic acids is 1. The van der Waals surface area contributed by atoms with Crippen LogP contribution in [0.15, 0.2) is 18.5 Å². The lowest BCUT2D eigenvalue weighted by atomic mass is 10.2. The zero-order chi connectivity index (χ0) is 14.5. The van der Waals surface area contributed by atoms with Crippen molar-refractivity contribution in [2.75, 3.05) is 32.9 Å². The van der Waals surface area contributed by atoms with Crippen molar-refractivity contribution in [1.29, 1.82) is 0 Å². The lowest BCUT2D eigenvalue weighted by molar-refractivity contribution is 0.0957. The Morgan fingerprint density at radius 2 is 2.25 bits per heavy atom. The third-order valence-corrected chi connectivity index (χ3v) is 4.21. The third-order valence-electron chi connectivity index (χ3n) is 3.06. The van der Waals surface area contributed by atoms with Crippen molar-refractivity contribution >= 4 is 33.0 Å². The molecule has 3 N–H and O–H groups in total. The summed E-state index contributed by atoms with van der Waals surface area (Å²) < 4.78 is 0.947. The molecule has 0 fully saturated rings. The number of nitrogens with two attached hydrogens (primary N) is 1. The van der Waals surface area contributed by atoms with Crippen molar-refractivity contribution in [1.82, 2.24) is 15.2 Å². The fourth-order valence-corrected chi connectivity index (χ4v) is 2.98. The third kappa shape index (κ3) is 3.46. The van der Waals surface area contributed by atoms with Gasteiger partial charge in [-0.1, -0.05) is 0 Å². The van der Waals surface area contributed by atoms with Gasteiger partial charge in [-0.2, -0.15) is 0 Å². The minimum Gasteiger partial charge on any atom is -0.397 e. The Labute approximate surface area is 122 Å². The van der Waals surface area contributed by atoms with Gasteiger partial charge >= 0.3 is 0 Å². The summed E-state index contributed by atoms with van der Waals surface area (Å²) in [5, 5.41) is 3.83. The second-order valence-corrected chi connectivity index (χ2v) is 6.04. The van der Waals surface area contributed by atoms with Gasteiger partial charge in [-0.15, -0.1) is 11.3 Å². The van der Waals surface area contributed by atoms with E-state index in [1.807, 2.05) is 20.2 Å². The van der Waals surface area contributed by atoms with Crippen LogP contribution >= 0.6 is 11.3 Å². The fraction of sp³-hybridized carbons (Fsp3) is 0.429. The first-order valence-corrected chi connectivity index (χ1v) is 7.46. The van der Waals surface area contributed by atoms with E-state index in [0.717, 1.165) is 29.5 Å². The van der Waals surface area contributed by atoms with Crippen LogP contribution in [0.5, 0.6) is 0 Å². The van der Waals surface area contributed by atoms with Crippen molar-refractivity contribution in [3.63, 3.8) is 0 Å². The molecule has 108 valence electrons. The highest BCUT2D eigenvalue weighted by Gasteiger charge is 2.15. The lowest BCUT2D eigenvalue weighted by Crippen LogP contribution is -2.25. The molecular weight excluding hydrogens is 272 g/mol. The van der Waals surface area contributed by atoms with Gasteiger partial charge in [0.1, 0.15) is 4.88 Å². The Hall–Kier alpha value is -1.66. The lowest BCUT2D eigenvalue weighted by Gasteiger charge is -2.09. The van der Waals surface area contributed by atoms with Crippen LogP contribution in [0.3, 0.4) is 0 Å². The molecule has 0 aliphatic rings. The molecule has 2 rings (SSSR count). The van der Waals surface area contributed by atoms with Crippen molar-refractivity contribution in [3.8, 4) is 0 Å². The highest BCUT2D eigenvalue weighted by atomic mass is 32.1. The van der Waals surface area contributed by atoms with Gasteiger partial charge in [-0.05, 0) is 39.5 Å². The molecule has 0 saturated heterocycles. The van der Waals surface area contributed by atoms with E-state index in [2.05, 4.69) is 15.2 Å². The minimum absolute atomic E-state index is 0.0893. The molecule has 0 aliphatic heterocycles. The van der Waals surface area contributed by atoms with Crippen LogP contribution in [-0.2, 0) is 0 Å². The molecule has 20 heavy (non-hydrogen) atoms. The van der Waals surface area contributed by atoms with E-state index in [9.17, 15) is 4.79 Å². The number of unbranched alkanes of at least 4 members (excludes halogenated alkanes) is 1. The molecule has 0 spiro atoms. The SMILES string of the molecule is CN(C)CCCCNC(=O)c1sc2cnccc2c1N. The van der Waals surface area contributed by atoms with Crippen LogP contribution in [0, 0.1) is 0 Å². The number of nitrogens with one attached hydrogen (secondary N) is 1. The number of rotatable bonds is 6. The summed E-state index contributed by atoms with van der Waals surface area (Å²) in [7, 11) is 4.09. The first kappa shape index (κ1) is 14.7. The van der Waals surface area contributed by atoms with Gasteiger partial charge in [0.25, 0.3) is 5.91 Å². The molecule has 5 nitrogen and oxygen atoms in total. The van der Waals surface area contributed by atoms with E-state index in [-0.39, 0.29) is 5.91 Å². The summed E-state index contributed by atoms with van der Waals surface area (Å²) >= 11 is 1.39. The highest BCUT2D eigenvalue weighted by molar-refractivity contribution is 7.21. The Morgan fingerprint density at radius 3 is 2.95 bits per heavy atom. The zero-order valence-electron chi connectivity index (χ0n) is 11.8. The maximum atomic E-state index is 12.1. The summed E-state index contributed by atoms with van der Waals surface area (Å²) in [4.78, 5) is 18.9. The van der Waals surface area contributed by atoms with Gasteiger partial charge in [0.15, 0.2) is 0 Å². The standard InChI is InChI=1S/C14H20N4OS/c1-18(2)8-4-3-6-17-14(19)13-12(15)10-5-7-16-9-11(10)20-13/h5,7,9H,3-4,6,8,15H2,1-2H3,(H,17,19). The summed E-state index contributed by atoms with van der Waals surface area (Å²) in [5.74, 6) is -0.0893. The van der Waals surface area contributed by atoms with Crippen molar-refractivity contribution < 1.29 is 4.79 Å². The first-order valence-electron chi connectivity index (χ1n) is 6.64. The molecule has 0 unspecified atom stereocenters.